The third kappa shape index (κ3) is 4.71. The second kappa shape index (κ2) is 7.61. The van der Waals surface area contributed by atoms with E-state index in [2.05, 4.69) is 57.6 Å². The van der Waals surface area contributed by atoms with Gasteiger partial charge in [-0.2, -0.15) is 10.1 Å². The number of anilines is 1. The van der Waals surface area contributed by atoms with Crippen LogP contribution in [0.3, 0.4) is 0 Å². The Balaban J connectivity index is 1.96. The number of benzene rings is 1. The molecule has 11 heteroatoms. The Kier molecular flexibility index (Phi) is 5.80. The molecular weight excluding hydrogens is 440 g/mol. The normalized spacial score (nSPS) is 11.0. The zero-order chi connectivity index (χ0) is 16.1. The summed E-state index contributed by atoms with van der Waals surface area (Å²) in [7, 11) is 0. The fourth-order valence-electron chi connectivity index (χ4n) is 1.32. The first-order valence-electron chi connectivity index (χ1n) is 5.76. The van der Waals surface area contributed by atoms with Gasteiger partial charge in [-0.1, -0.05) is 11.8 Å². The molecule has 2 aromatic rings. The van der Waals surface area contributed by atoms with Crippen LogP contribution in [0.25, 0.3) is 0 Å². The lowest BCUT2D eigenvalue weighted by Gasteiger charge is -2.01. The number of hydrogen-bond acceptors (Lipinski definition) is 7. The lowest BCUT2D eigenvalue weighted by Crippen LogP contribution is -2.13. The third-order valence-corrected chi connectivity index (χ3v) is 4.31. The van der Waals surface area contributed by atoms with Gasteiger partial charge in [0, 0.05) is 0 Å². The minimum Gasteiger partial charge on any atom is -0.506 e. The number of aromatic nitrogens is 3. The predicted octanol–water partition coefficient (Wildman–Crippen LogP) is 2.06. The van der Waals surface area contributed by atoms with Crippen molar-refractivity contribution in [2.45, 2.75) is 5.16 Å². The molecule has 0 fully saturated rings. The fourth-order valence-corrected chi connectivity index (χ4v) is 3.08. The van der Waals surface area contributed by atoms with Gasteiger partial charge in [-0.25, -0.2) is 10.5 Å². The number of aromatic amines is 1. The van der Waals surface area contributed by atoms with Gasteiger partial charge in [-0.05, 0) is 49.6 Å². The highest BCUT2D eigenvalue weighted by Crippen LogP contribution is 2.32. The molecule has 8 nitrogen and oxygen atoms in total. The first kappa shape index (κ1) is 16.8. The predicted molar refractivity (Wildman–Crippen MR) is 91.0 cm³/mol. The first-order chi connectivity index (χ1) is 10.5. The molecule has 1 aromatic carbocycles. The van der Waals surface area contributed by atoms with Gasteiger partial charge in [-0.3, -0.25) is 4.79 Å². The van der Waals surface area contributed by atoms with Crippen LogP contribution in [0.1, 0.15) is 5.56 Å². The quantitative estimate of drug-likeness (QED) is 0.303. The number of carbonyl (C=O) groups is 1. The van der Waals surface area contributed by atoms with Crippen LogP contribution in [0, 0.1) is 0 Å². The van der Waals surface area contributed by atoms with E-state index in [0.29, 0.717) is 20.1 Å². The fraction of sp³-hybridized carbons (Fsp3) is 0.0909. The van der Waals surface area contributed by atoms with E-state index < -0.39 is 5.91 Å². The number of phenolic OH excluding ortho intramolecular Hbond substituents is 1. The molecule has 0 aliphatic heterocycles. The van der Waals surface area contributed by atoms with Gasteiger partial charge in [0.25, 0.3) is 0 Å². The number of amides is 1. The number of thioether (sulfide) groups is 1. The van der Waals surface area contributed by atoms with Crippen LogP contribution in [0.5, 0.6) is 5.75 Å². The number of nitrogens with one attached hydrogen (secondary N) is 2. The molecule has 0 aliphatic rings. The number of hydrogen-bond donors (Lipinski definition) is 4. The summed E-state index contributed by atoms with van der Waals surface area (Å²) in [6.07, 6.45) is 1.55. The maximum atomic E-state index is 10.7. The van der Waals surface area contributed by atoms with Gasteiger partial charge in [0.15, 0.2) is 0 Å². The topological polar surface area (TPSA) is 129 Å². The molecule has 0 bridgehead atoms. The highest BCUT2D eigenvalue weighted by molar-refractivity contribution is 9.11. The summed E-state index contributed by atoms with van der Waals surface area (Å²) in [5, 5.41) is 20.5. The molecule has 0 radical (unpaired) electrons. The second-order valence-electron chi connectivity index (χ2n) is 3.92. The Morgan fingerprint density at radius 3 is 2.82 bits per heavy atom. The Labute approximate surface area is 146 Å². The number of nitrogens with zero attached hydrogens (tertiary/aromatic N) is 3. The Hall–Kier alpha value is -1.59. The van der Waals surface area contributed by atoms with Gasteiger partial charge in [-0.15, -0.1) is 5.10 Å². The zero-order valence-corrected chi connectivity index (χ0v) is 14.9. The number of rotatable bonds is 6. The maximum Gasteiger partial charge on any atom is 0.240 e. The molecule has 1 amide bonds. The van der Waals surface area contributed by atoms with Crippen LogP contribution in [0.15, 0.2) is 31.3 Å². The van der Waals surface area contributed by atoms with Crippen LogP contribution >= 0.6 is 43.6 Å². The van der Waals surface area contributed by atoms with E-state index >= 15 is 0 Å². The SMILES string of the molecule is NC(=O)CSc1n[nH]c(N/N=C/c2cc(Br)c(O)c(Br)c2)n1. The molecule has 2 rings (SSSR count). The molecule has 116 valence electrons. The summed E-state index contributed by atoms with van der Waals surface area (Å²) in [6.45, 7) is 0. The molecular formula is C11H10Br2N6O2S. The summed E-state index contributed by atoms with van der Waals surface area (Å²) in [5.74, 6) is 0.123. The number of halogens is 2. The molecule has 1 heterocycles. The van der Waals surface area contributed by atoms with Gasteiger partial charge < -0.3 is 10.8 Å². The summed E-state index contributed by atoms with van der Waals surface area (Å²) in [5.41, 5.74) is 8.47. The van der Waals surface area contributed by atoms with Crippen LogP contribution in [-0.2, 0) is 4.79 Å². The first-order valence-corrected chi connectivity index (χ1v) is 8.33. The number of primary amides is 1. The number of H-pyrrole nitrogens is 1. The van der Waals surface area contributed by atoms with Crippen molar-refractivity contribution in [1.82, 2.24) is 15.2 Å². The average Bonchev–Trinajstić information content (AvgIpc) is 2.90. The van der Waals surface area contributed by atoms with Crippen molar-refractivity contribution in [3.05, 3.63) is 26.6 Å². The van der Waals surface area contributed by atoms with E-state index in [1.165, 1.54) is 0 Å². The van der Waals surface area contributed by atoms with Crippen molar-refractivity contribution in [3.8, 4) is 5.75 Å². The van der Waals surface area contributed by atoms with Crippen LogP contribution in [0.2, 0.25) is 0 Å². The molecule has 0 atom stereocenters. The standard InChI is InChI=1S/C11H10Br2N6O2S/c12-6-1-5(2-7(13)9(6)21)3-15-17-10-16-11(19-18-10)22-4-8(14)20/h1-3,21H,4H2,(H2,14,20)(H2,16,17,18,19)/b15-3+. The lowest BCUT2D eigenvalue weighted by molar-refractivity contribution is -0.115. The van der Waals surface area contributed by atoms with Crippen LogP contribution in [-0.4, -0.2) is 38.2 Å². The molecule has 0 unspecified atom stereocenters. The minimum absolute atomic E-state index is 0.107. The number of aromatic hydroxyl groups is 1. The van der Waals surface area contributed by atoms with Crippen molar-refractivity contribution in [3.63, 3.8) is 0 Å². The number of phenols is 1. The molecule has 0 spiro atoms. The van der Waals surface area contributed by atoms with E-state index in [4.69, 9.17) is 5.73 Å². The van der Waals surface area contributed by atoms with Gasteiger partial charge in [0.1, 0.15) is 5.75 Å². The van der Waals surface area contributed by atoms with Gasteiger partial charge >= 0.3 is 0 Å². The minimum atomic E-state index is -0.439. The molecule has 1 aromatic heterocycles. The molecule has 5 N–H and O–H groups in total. The Morgan fingerprint density at radius 2 is 2.18 bits per heavy atom. The largest absolute Gasteiger partial charge is 0.506 e. The summed E-state index contributed by atoms with van der Waals surface area (Å²) in [6, 6.07) is 3.42. The Morgan fingerprint density at radius 1 is 1.50 bits per heavy atom. The highest BCUT2D eigenvalue weighted by Gasteiger charge is 2.06. The number of carbonyl (C=O) groups excluding carboxylic acids is 1. The van der Waals surface area contributed by atoms with Gasteiger partial charge in [0.2, 0.25) is 17.0 Å². The third-order valence-electron chi connectivity index (χ3n) is 2.23. The summed E-state index contributed by atoms with van der Waals surface area (Å²) >= 11 is 7.59. The van der Waals surface area contributed by atoms with Crippen LogP contribution < -0.4 is 11.2 Å². The van der Waals surface area contributed by atoms with Crippen molar-refractivity contribution in [1.29, 1.82) is 0 Å². The number of nitrogens with two attached hydrogens (primary N) is 1. The van der Waals surface area contributed by atoms with Crippen molar-refractivity contribution in [2.75, 3.05) is 11.2 Å². The van der Waals surface area contributed by atoms with E-state index in [1.807, 2.05) is 0 Å². The van der Waals surface area contributed by atoms with Crippen molar-refractivity contribution >= 4 is 61.7 Å². The van der Waals surface area contributed by atoms with Crippen molar-refractivity contribution < 1.29 is 9.90 Å². The lowest BCUT2D eigenvalue weighted by atomic mass is 10.2. The summed E-state index contributed by atoms with van der Waals surface area (Å²) in [4.78, 5) is 14.7. The monoisotopic (exact) mass is 448 g/mol. The van der Waals surface area contributed by atoms with E-state index in [-0.39, 0.29) is 11.5 Å². The molecule has 0 saturated heterocycles. The van der Waals surface area contributed by atoms with Crippen molar-refractivity contribution in [2.24, 2.45) is 10.8 Å². The average molecular weight is 450 g/mol. The molecule has 22 heavy (non-hydrogen) atoms. The van der Waals surface area contributed by atoms with E-state index in [0.717, 1.165) is 17.3 Å². The van der Waals surface area contributed by atoms with E-state index in [9.17, 15) is 9.90 Å². The zero-order valence-electron chi connectivity index (χ0n) is 10.9. The maximum absolute atomic E-state index is 10.7. The summed E-state index contributed by atoms with van der Waals surface area (Å²) < 4.78 is 1.10. The van der Waals surface area contributed by atoms with E-state index in [1.54, 1.807) is 18.3 Å². The Bertz CT molecular complexity index is 697. The molecule has 0 aliphatic carbocycles. The highest BCUT2D eigenvalue weighted by atomic mass is 79.9. The smallest absolute Gasteiger partial charge is 0.240 e. The second-order valence-corrected chi connectivity index (χ2v) is 6.58. The van der Waals surface area contributed by atoms with Gasteiger partial charge in [0.05, 0.1) is 20.9 Å². The molecule has 0 saturated carbocycles. The number of hydrazone groups is 1. The van der Waals surface area contributed by atoms with Crippen LogP contribution in [0.4, 0.5) is 5.95 Å².